The third-order valence-corrected chi connectivity index (χ3v) is 3.15. The molecule has 0 aliphatic heterocycles. The number of Topliss-reactive ketones (excluding diaryl/α,β-unsaturated/α-hetero) is 1. The fraction of sp³-hybridized carbons (Fsp3) is 0.467. The van der Waals surface area contributed by atoms with E-state index in [0.29, 0.717) is 6.42 Å². The minimum Gasteiger partial charge on any atom is -0.464 e. The number of hydrogen-bond acceptors (Lipinski definition) is 3. The highest BCUT2D eigenvalue weighted by molar-refractivity contribution is 6.02. The first-order valence-corrected chi connectivity index (χ1v) is 6.19. The van der Waals surface area contributed by atoms with Gasteiger partial charge in [-0.1, -0.05) is 24.3 Å². The third kappa shape index (κ3) is 2.45. The molecule has 2 rings (SSSR count). The van der Waals surface area contributed by atoms with Crippen molar-refractivity contribution >= 4 is 11.8 Å². The summed E-state index contributed by atoms with van der Waals surface area (Å²) in [5.74, 6) is -0.382. The van der Waals surface area contributed by atoms with E-state index < -0.39 is 5.41 Å². The Morgan fingerprint density at radius 1 is 1.33 bits per heavy atom. The van der Waals surface area contributed by atoms with Crippen LogP contribution in [0.3, 0.4) is 0 Å². The molecule has 1 atom stereocenters. The highest BCUT2D eigenvalue weighted by atomic mass is 16.5. The second-order valence-corrected chi connectivity index (χ2v) is 5.77. The summed E-state index contributed by atoms with van der Waals surface area (Å²) in [4.78, 5) is 23.7. The van der Waals surface area contributed by atoms with Crippen LogP contribution in [0.5, 0.6) is 0 Å². The van der Waals surface area contributed by atoms with E-state index in [1.54, 1.807) is 20.8 Å². The van der Waals surface area contributed by atoms with Gasteiger partial charge in [-0.05, 0) is 32.8 Å². The van der Waals surface area contributed by atoms with Crippen LogP contribution in [0, 0.1) is 11.3 Å². The summed E-state index contributed by atoms with van der Waals surface area (Å²) in [7, 11) is 0. The molecular formula is C15H18O3. The van der Waals surface area contributed by atoms with E-state index in [0.717, 1.165) is 11.1 Å². The maximum atomic E-state index is 12.1. The Labute approximate surface area is 107 Å². The highest BCUT2D eigenvalue weighted by Gasteiger charge is 2.32. The largest absolute Gasteiger partial charge is 0.464 e. The molecule has 0 saturated heterocycles. The first kappa shape index (κ1) is 12.8. The van der Waals surface area contributed by atoms with Gasteiger partial charge in [0.05, 0.1) is 11.3 Å². The second kappa shape index (κ2) is 4.56. The Bertz CT molecular complexity index is 483. The second-order valence-electron chi connectivity index (χ2n) is 5.77. The molecule has 1 aliphatic carbocycles. The summed E-state index contributed by atoms with van der Waals surface area (Å²) in [6, 6.07) is 7.58. The molecule has 96 valence electrons. The van der Waals surface area contributed by atoms with Crippen molar-refractivity contribution in [1.82, 2.24) is 0 Å². The summed E-state index contributed by atoms with van der Waals surface area (Å²) in [5.41, 5.74) is 1.31. The number of fused-ring (bicyclic) bond motifs is 1. The Morgan fingerprint density at radius 3 is 2.61 bits per heavy atom. The topological polar surface area (TPSA) is 43.4 Å². The Balaban J connectivity index is 1.99. The van der Waals surface area contributed by atoms with Gasteiger partial charge in [0, 0.05) is 5.56 Å². The van der Waals surface area contributed by atoms with E-state index >= 15 is 0 Å². The number of esters is 1. The van der Waals surface area contributed by atoms with Crippen LogP contribution < -0.4 is 0 Å². The number of benzene rings is 1. The van der Waals surface area contributed by atoms with E-state index in [9.17, 15) is 9.59 Å². The first-order chi connectivity index (χ1) is 8.39. The van der Waals surface area contributed by atoms with Gasteiger partial charge in [-0.15, -0.1) is 0 Å². The van der Waals surface area contributed by atoms with Gasteiger partial charge in [-0.2, -0.15) is 0 Å². The van der Waals surface area contributed by atoms with E-state index in [1.165, 1.54) is 0 Å². The quantitative estimate of drug-likeness (QED) is 0.753. The highest BCUT2D eigenvalue weighted by Crippen LogP contribution is 2.27. The van der Waals surface area contributed by atoms with E-state index in [4.69, 9.17) is 4.74 Å². The van der Waals surface area contributed by atoms with Gasteiger partial charge in [0.15, 0.2) is 5.78 Å². The van der Waals surface area contributed by atoms with Crippen molar-refractivity contribution in [2.24, 2.45) is 11.3 Å². The Morgan fingerprint density at radius 2 is 2.00 bits per heavy atom. The zero-order valence-corrected chi connectivity index (χ0v) is 11.0. The van der Waals surface area contributed by atoms with Gasteiger partial charge in [0.1, 0.15) is 6.61 Å². The SMILES string of the molecule is CC(C)(C)C(=O)OCC1Cc2ccccc2C1=O. The molecular weight excluding hydrogens is 228 g/mol. The van der Waals surface area contributed by atoms with Gasteiger partial charge < -0.3 is 4.74 Å². The number of ether oxygens (including phenoxy) is 1. The van der Waals surface area contributed by atoms with Crippen molar-refractivity contribution in [2.45, 2.75) is 27.2 Å². The molecule has 1 unspecified atom stereocenters. The van der Waals surface area contributed by atoms with Crippen LogP contribution in [-0.2, 0) is 16.0 Å². The van der Waals surface area contributed by atoms with Gasteiger partial charge in [0.25, 0.3) is 0 Å². The predicted octanol–water partition coefficient (Wildman–Crippen LogP) is 2.63. The lowest BCUT2D eigenvalue weighted by atomic mass is 9.97. The molecule has 0 aromatic heterocycles. The number of carbonyl (C=O) groups excluding carboxylic acids is 2. The van der Waals surface area contributed by atoms with Gasteiger partial charge in [-0.3, -0.25) is 9.59 Å². The number of hydrogen-bond donors (Lipinski definition) is 0. The van der Waals surface area contributed by atoms with Crippen LogP contribution in [0.4, 0.5) is 0 Å². The molecule has 3 heteroatoms. The Hall–Kier alpha value is -1.64. The van der Waals surface area contributed by atoms with Crippen molar-refractivity contribution in [3.63, 3.8) is 0 Å². The standard InChI is InChI=1S/C15H18O3/c1-15(2,3)14(17)18-9-11-8-10-6-4-5-7-12(10)13(11)16/h4-7,11H,8-9H2,1-3H3. The van der Waals surface area contributed by atoms with Crippen molar-refractivity contribution < 1.29 is 14.3 Å². The molecule has 1 aromatic rings. The Kier molecular flexibility index (Phi) is 3.24. The molecule has 0 radical (unpaired) electrons. The number of carbonyl (C=O) groups is 2. The average Bonchev–Trinajstić information content (AvgIpc) is 2.63. The zero-order valence-electron chi connectivity index (χ0n) is 11.0. The summed E-state index contributed by atoms with van der Waals surface area (Å²) in [5, 5.41) is 0. The van der Waals surface area contributed by atoms with E-state index in [1.807, 2.05) is 24.3 Å². The summed E-state index contributed by atoms with van der Waals surface area (Å²) < 4.78 is 5.23. The zero-order chi connectivity index (χ0) is 13.3. The monoisotopic (exact) mass is 246 g/mol. The molecule has 0 heterocycles. The molecule has 0 spiro atoms. The van der Waals surface area contributed by atoms with Crippen LogP contribution in [0.2, 0.25) is 0 Å². The molecule has 1 aromatic carbocycles. The lowest BCUT2D eigenvalue weighted by molar-refractivity contribution is -0.153. The smallest absolute Gasteiger partial charge is 0.311 e. The maximum Gasteiger partial charge on any atom is 0.311 e. The van der Waals surface area contributed by atoms with Crippen molar-refractivity contribution in [3.8, 4) is 0 Å². The molecule has 0 fully saturated rings. The van der Waals surface area contributed by atoms with Crippen LogP contribution >= 0.6 is 0 Å². The van der Waals surface area contributed by atoms with Crippen molar-refractivity contribution in [1.29, 1.82) is 0 Å². The normalized spacial score (nSPS) is 18.6. The first-order valence-electron chi connectivity index (χ1n) is 6.19. The molecule has 0 saturated carbocycles. The molecule has 0 N–H and O–H groups in total. The van der Waals surface area contributed by atoms with E-state index in [-0.39, 0.29) is 24.3 Å². The van der Waals surface area contributed by atoms with Crippen LogP contribution in [0.25, 0.3) is 0 Å². The van der Waals surface area contributed by atoms with Crippen molar-refractivity contribution in [2.75, 3.05) is 6.61 Å². The van der Waals surface area contributed by atoms with Gasteiger partial charge >= 0.3 is 5.97 Å². The summed E-state index contributed by atoms with van der Waals surface area (Å²) in [6.07, 6.45) is 0.673. The van der Waals surface area contributed by atoms with Gasteiger partial charge in [0.2, 0.25) is 0 Å². The third-order valence-electron chi connectivity index (χ3n) is 3.15. The number of rotatable bonds is 2. The van der Waals surface area contributed by atoms with Crippen LogP contribution in [0.15, 0.2) is 24.3 Å². The molecule has 0 bridgehead atoms. The molecule has 1 aliphatic rings. The molecule has 3 nitrogen and oxygen atoms in total. The van der Waals surface area contributed by atoms with Gasteiger partial charge in [-0.25, -0.2) is 0 Å². The van der Waals surface area contributed by atoms with Crippen LogP contribution in [-0.4, -0.2) is 18.4 Å². The lowest BCUT2D eigenvalue weighted by Gasteiger charge is -2.18. The average molecular weight is 246 g/mol. The number of ketones is 1. The van der Waals surface area contributed by atoms with E-state index in [2.05, 4.69) is 0 Å². The maximum absolute atomic E-state index is 12.1. The minimum atomic E-state index is -0.519. The fourth-order valence-electron chi connectivity index (χ4n) is 2.04. The summed E-state index contributed by atoms with van der Waals surface area (Å²) >= 11 is 0. The predicted molar refractivity (Wildman–Crippen MR) is 68.4 cm³/mol. The summed E-state index contributed by atoms with van der Waals surface area (Å²) in [6.45, 7) is 5.60. The lowest BCUT2D eigenvalue weighted by Crippen LogP contribution is -2.27. The van der Waals surface area contributed by atoms with Crippen molar-refractivity contribution in [3.05, 3.63) is 35.4 Å². The fourth-order valence-corrected chi connectivity index (χ4v) is 2.04. The molecule has 18 heavy (non-hydrogen) atoms. The molecule has 0 amide bonds. The minimum absolute atomic E-state index is 0.0901. The van der Waals surface area contributed by atoms with Crippen LogP contribution in [0.1, 0.15) is 36.7 Å².